The van der Waals surface area contributed by atoms with Gasteiger partial charge in [-0.3, -0.25) is 8.78 Å². The molecule has 0 amide bonds. The third kappa shape index (κ3) is 13.9. The molecule has 0 N–H and O–H groups in total. The van der Waals surface area contributed by atoms with E-state index in [1.54, 1.807) is 35.0 Å². The van der Waals surface area contributed by atoms with Crippen molar-refractivity contribution in [1.29, 1.82) is 0 Å². The molecular weight excluding hydrogens is 917 g/mol. The number of nitrogens with zero attached hydrogens (tertiary/aromatic N) is 1. The van der Waals surface area contributed by atoms with Gasteiger partial charge >= 0.3 is 38.1 Å². The number of hydrogen-bond donors (Lipinski definition) is 0. The summed E-state index contributed by atoms with van der Waals surface area (Å²) < 4.78 is 25.8. The van der Waals surface area contributed by atoms with Gasteiger partial charge in [-0.1, -0.05) is 49.4 Å². The summed E-state index contributed by atoms with van der Waals surface area (Å²) in [6, 6.07) is 28.4. The van der Waals surface area contributed by atoms with Crippen LogP contribution in [-0.4, -0.2) is 27.6 Å². The van der Waals surface area contributed by atoms with E-state index < -0.39 is 11.6 Å². The van der Waals surface area contributed by atoms with E-state index in [0.29, 0.717) is 5.69 Å². The normalized spacial score (nSPS) is 18.7. The Hall–Kier alpha value is -1.00. The zero-order valence-electron chi connectivity index (χ0n) is 31.9. The quantitative estimate of drug-likeness (QED) is 0.102. The first-order valence-corrected chi connectivity index (χ1v) is 23.4. The Morgan fingerprint density at radius 2 is 1.00 bits per heavy atom. The minimum atomic E-state index is -0.649. The Labute approximate surface area is 348 Å². The van der Waals surface area contributed by atoms with Crippen LogP contribution in [-0.2, 0) is 38.1 Å². The number of halogens is 2. The molecule has 1 heterocycles. The molecule has 7 heteroatoms. The zero-order valence-corrected chi connectivity index (χ0v) is 37.3. The van der Waals surface area contributed by atoms with E-state index in [2.05, 4.69) is 59.6 Å². The molecule has 4 aromatic rings. The second-order valence-electron chi connectivity index (χ2n) is 15.4. The first-order valence-electron chi connectivity index (χ1n) is 20.1. The smallest absolute Gasteiger partial charge is 0.358 e. The summed E-state index contributed by atoms with van der Waals surface area (Å²) in [6.07, 6.45) is 31.9. The van der Waals surface area contributed by atoms with Crippen LogP contribution in [0.25, 0.3) is 11.3 Å². The van der Waals surface area contributed by atoms with Gasteiger partial charge in [0, 0.05) is 33.7 Å². The van der Waals surface area contributed by atoms with E-state index in [4.69, 9.17) is 0 Å². The summed E-state index contributed by atoms with van der Waals surface area (Å²) in [6.45, 7) is 0. The molecule has 0 atom stereocenters. The van der Waals surface area contributed by atoms with Gasteiger partial charge in [-0.2, -0.15) is 24.3 Å². The van der Waals surface area contributed by atoms with E-state index >= 15 is 0 Å². The van der Waals surface area contributed by atoms with E-state index in [1.807, 2.05) is 0 Å². The summed E-state index contributed by atoms with van der Waals surface area (Å²) >= 11 is 0. The molecule has 292 valence electrons. The Balaban J connectivity index is 0.000000210. The molecule has 0 aliphatic heterocycles. The Bertz CT molecular complexity index is 1370. The van der Waals surface area contributed by atoms with Crippen molar-refractivity contribution >= 4 is 26.5 Å². The summed E-state index contributed by atoms with van der Waals surface area (Å²) in [5.41, 5.74) is 5.00. The van der Waals surface area contributed by atoms with Crippen molar-refractivity contribution in [1.82, 2.24) is 4.98 Å². The summed E-state index contributed by atoms with van der Waals surface area (Å²) in [5.74, 6) is -1.29. The fourth-order valence-electron chi connectivity index (χ4n) is 9.55. The van der Waals surface area contributed by atoms with Crippen LogP contribution in [0.2, 0.25) is 0 Å². The molecule has 0 saturated heterocycles. The predicted molar refractivity (Wildman–Crippen MR) is 222 cm³/mol. The molecule has 4 aliphatic carbocycles. The standard InChI is InChI=1S/2C17H26P.C11H6F2N.CH3.Fe.Pt/c2*1-3-9-15(10-4-1)18(17-13-7-8-14-17)16-11-5-2-6-12-16;12-8-4-5-9(10(13)7-8)11-3-1-2-6-14-11;;;/h2*7-8,13-16H,1-6,9-12H2;1-4,6-7H;1H3;;/q4*-1;2*+2/p+2. The fourth-order valence-corrected chi connectivity index (χ4v) is 18.0. The van der Waals surface area contributed by atoms with Gasteiger partial charge in [-0.25, -0.2) is 12.1 Å². The zero-order chi connectivity index (χ0) is 34.4. The summed E-state index contributed by atoms with van der Waals surface area (Å²) in [7, 11) is -0.561. The van der Waals surface area contributed by atoms with Gasteiger partial charge in [0.2, 0.25) is 0 Å². The topological polar surface area (TPSA) is 12.9 Å². The number of pyridine rings is 1. The van der Waals surface area contributed by atoms with Gasteiger partial charge in [0.05, 0.1) is 22.6 Å². The van der Waals surface area contributed by atoms with Crippen LogP contribution in [0, 0.1) is 25.1 Å². The first kappa shape index (κ1) is 46.4. The maximum Gasteiger partial charge on any atom is 2.00 e. The van der Waals surface area contributed by atoms with E-state index in [9.17, 15) is 8.78 Å². The molecular formula is C46H63F2FeNP2Pt+2. The Morgan fingerprint density at radius 1 is 0.585 bits per heavy atom. The average molecular weight is 981 g/mol. The number of hydrogen-bond acceptors (Lipinski definition) is 1. The molecule has 0 unspecified atom stereocenters. The molecule has 4 aliphatic rings. The number of rotatable bonds is 7. The summed E-state index contributed by atoms with van der Waals surface area (Å²) in [5, 5.41) is 3.53. The average Bonchev–Trinajstić information content (AvgIpc) is 3.91. The van der Waals surface area contributed by atoms with Crippen LogP contribution >= 0.6 is 15.8 Å². The van der Waals surface area contributed by atoms with Crippen molar-refractivity contribution in [3.63, 3.8) is 0 Å². The van der Waals surface area contributed by atoms with Crippen molar-refractivity contribution in [2.24, 2.45) is 0 Å². The third-order valence-electron chi connectivity index (χ3n) is 12.0. The van der Waals surface area contributed by atoms with Crippen LogP contribution < -0.4 is 10.6 Å². The molecule has 1 aromatic heterocycles. The third-order valence-corrected chi connectivity index (χ3v) is 19.8. The molecule has 0 spiro atoms. The van der Waals surface area contributed by atoms with Crippen LogP contribution in [0.1, 0.15) is 128 Å². The van der Waals surface area contributed by atoms with Gasteiger partial charge in [0.15, 0.2) is 0 Å². The van der Waals surface area contributed by atoms with Crippen molar-refractivity contribution in [3.8, 4) is 11.3 Å². The number of benzene rings is 1. The van der Waals surface area contributed by atoms with Crippen molar-refractivity contribution in [2.75, 3.05) is 0 Å². The molecule has 1 nitrogen and oxygen atoms in total. The largest absolute Gasteiger partial charge is 2.00 e. The number of aromatic nitrogens is 1. The van der Waals surface area contributed by atoms with Crippen LogP contribution in [0.4, 0.5) is 8.78 Å². The minimum absolute atomic E-state index is 0. The first-order chi connectivity index (χ1) is 24.7. The van der Waals surface area contributed by atoms with Gasteiger partial charge in [0.1, 0.15) is 0 Å². The van der Waals surface area contributed by atoms with Crippen LogP contribution in [0.15, 0.2) is 85.1 Å². The van der Waals surface area contributed by atoms with Crippen LogP contribution in [0.3, 0.4) is 0 Å². The maximum atomic E-state index is 13.2. The maximum absolute atomic E-state index is 13.2. The molecule has 8 rings (SSSR count). The Kier molecular flexibility index (Phi) is 22.1. The predicted octanol–water partition coefficient (Wildman–Crippen LogP) is 13.1. The fraction of sp³-hybridized carbons (Fsp3) is 0.522. The monoisotopic (exact) mass is 980 g/mol. The Morgan fingerprint density at radius 3 is 1.32 bits per heavy atom. The van der Waals surface area contributed by atoms with Gasteiger partial charge in [0.25, 0.3) is 0 Å². The summed E-state index contributed by atoms with van der Waals surface area (Å²) in [4.78, 5) is 3.95. The van der Waals surface area contributed by atoms with E-state index in [-0.39, 0.29) is 67.0 Å². The van der Waals surface area contributed by atoms with E-state index in [1.165, 1.54) is 128 Å². The van der Waals surface area contributed by atoms with E-state index in [0.717, 1.165) is 34.8 Å². The molecule has 4 fully saturated rings. The second kappa shape index (κ2) is 25.3. The van der Waals surface area contributed by atoms with Crippen molar-refractivity contribution < 1.29 is 46.9 Å². The SMILES string of the molecule is Fc1c[c-]c(-c2ccccn2)c(F)c1.[CH3-].[Fe+2].[Pt+2].c1c[cH-]c([PH+](C2CCCCC2)C2CCCCC2)c1.c1c[cH-]c([PH+](C2CCCCC2)C2CCCCC2)c1. The molecule has 0 radical (unpaired) electrons. The van der Waals surface area contributed by atoms with Gasteiger partial charge in [-0.05, 0) is 125 Å². The van der Waals surface area contributed by atoms with Crippen LogP contribution in [0.5, 0.6) is 0 Å². The molecule has 0 bridgehead atoms. The molecule has 4 saturated carbocycles. The van der Waals surface area contributed by atoms with Crippen molar-refractivity contribution in [3.05, 3.63) is 110 Å². The minimum Gasteiger partial charge on any atom is -0.358 e. The van der Waals surface area contributed by atoms with Gasteiger partial charge < -0.3 is 12.4 Å². The molecule has 3 aromatic carbocycles. The second-order valence-corrected chi connectivity index (χ2v) is 21.6. The van der Waals surface area contributed by atoms with Crippen molar-refractivity contribution in [2.45, 2.75) is 151 Å². The van der Waals surface area contributed by atoms with Gasteiger partial charge in [-0.15, -0.1) is 24.3 Å². The molecule has 53 heavy (non-hydrogen) atoms.